The number of aromatic hydroxyl groups is 2. The highest BCUT2D eigenvalue weighted by molar-refractivity contribution is 5.71. The van der Waals surface area contributed by atoms with Gasteiger partial charge in [0, 0.05) is 18.4 Å². The first-order valence-corrected chi connectivity index (χ1v) is 17.0. The molecule has 4 nitrogen and oxygen atoms in total. The normalized spacial score (nSPS) is 13.4. The molecule has 47 heavy (non-hydrogen) atoms. The van der Waals surface area contributed by atoms with Crippen LogP contribution in [-0.4, -0.2) is 16.2 Å². The summed E-state index contributed by atoms with van der Waals surface area (Å²) in [4.78, 5) is 13.6. The van der Waals surface area contributed by atoms with E-state index in [-0.39, 0.29) is 34.1 Å². The van der Waals surface area contributed by atoms with Crippen molar-refractivity contribution in [1.82, 2.24) is 0 Å². The van der Waals surface area contributed by atoms with Crippen LogP contribution in [0.4, 0.5) is 0 Å². The Morgan fingerprint density at radius 1 is 0.681 bits per heavy atom. The van der Waals surface area contributed by atoms with Gasteiger partial charge in [0.2, 0.25) is 0 Å². The monoisotopic (exact) mass is 640 g/mol. The van der Waals surface area contributed by atoms with E-state index < -0.39 is 6.10 Å². The molecule has 0 aliphatic rings. The zero-order chi connectivity index (χ0) is 35.9. The summed E-state index contributed by atoms with van der Waals surface area (Å²) in [5, 5.41) is 22.6. The molecule has 3 aromatic carbocycles. The van der Waals surface area contributed by atoms with Crippen molar-refractivity contribution in [2.45, 2.75) is 144 Å². The zero-order valence-corrected chi connectivity index (χ0v) is 31.7. The van der Waals surface area contributed by atoms with Gasteiger partial charge in [-0.2, -0.15) is 0 Å². The van der Waals surface area contributed by atoms with Gasteiger partial charge < -0.3 is 14.9 Å². The van der Waals surface area contributed by atoms with E-state index in [9.17, 15) is 15.0 Å². The minimum atomic E-state index is -0.656. The minimum absolute atomic E-state index is 0.196. The second kappa shape index (κ2) is 13.5. The second-order valence-corrected chi connectivity index (χ2v) is 17.6. The number of hydrogen-bond acceptors (Lipinski definition) is 4. The molecule has 0 radical (unpaired) electrons. The lowest BCUT2D eigenvalue weighted by Gasteiger charge is -2.30. The van der Waals surface area contributed by atoms with Crippen LogP contribution in [0.3, 0.4) is 0 Å². The van der Waals surface area contributed by atoms with Gasteiger partial charge in [-0.3, -0.25) is 4.79 Å². The molecule has 0 saturated heterocycles. The van der Waals surface area contributed by atoms with Crippen LogP contribution in [0.15, 0.2) is 49.1 Å². The number of hydrogen-bond donors (Lipinski definition) is 2. The van der Waals surface area contributed by atoms with Crippen molar-refractivity contribution in [3.05, 3.63) is 105 Å². The number of benzene rings is 3. The fourth-order valence-corrected chi connectivity index (χ4v) is 6.39. The Hall–Kier alpha value is -3.53. The molecule has 0 heterocycles. The molecule has 0 bridgehead atoms. The Bertz CT molecular complexity index is 1590. The maximum absolute atomic E-state index is 13.6. The lowest BCUT2D eigenvalue weighted by molar-refractivity contribution is -0.147. The number of rotatable bonds is 8. The molecule has 0 aliphatic carbocycles. The summed E-state index contributed by atoms with van der Waals surface area (Å²) in [5.41, 5.74) is 8.83. The molecule has 3 aromatic rings. The molecular formula is C43H60O4. The number of carbonyl (C=O) groups is 1. The van der Waals surface area contributed by atoms with E-state index in [0.717, 1.165) is 55.6 Å². The summed E-state index contributed by atoms with van der Waals surface area (Å²) >= 11 is 0. The van der Waals surface area contributed by atoms with E-state index in [4.69, 9.17) is 4.74 Å². The molecule has 1 unspecified atom stereocenters. The first-order valence-electron chi connectivity index (χ1n) is 17.0. The van der Waals surface area contributed by atoms with Crippen LogP contribution in [-0.2, 0) is 44.0 Å². The molecule has 0 fully saturated rings. The Morgan fingerprint density at radius 3 is 1.55 bits per heavy atom. The molecule has 0 aliphatic heterocycles. The fourth-order valence-electron chi connectivity index (χ4n) is 6.39. The van der Waals surface area contributed by atoms with E-state index in [1.807, 2.05) is 12.1 Å². The van der Waals surface area contributed by atoms with Crippen LogP contribution in [0.1, 0.15) is 151 Å². The standard InChI is InChI=1S/C43H60O4/c1-16-35(47-36(44)18-17-28-23-33(42(10,11)12)39(46)34(24-28)43(13,14)15)37-29(19-26(2)21-31(37)40(4,5)6)25-30-20-27(3)22-32(38(30)45)41(7,8)9/h16,19-24,35,45-46H,1,17-18,25H2,2-15H3. The Morgan fingerprint density at radius 2 is 1.11 bits per heavy atom. The number of esters is 1. The van der Waals surface area contributed by atoms with Gasteiger partial charge in [0.05, 0.1) is 0 Å². The highest BCUT2D eigenvalue weighted by Crippen LogP contribution is 2.42. The Balaban J connectivity index is 2.04. The van der Waals surface area contributed by atoms with Gasteiger partial charge in [-0.15, -0.1) is 0 Å². The van der Waals surface area contributed by atoms with Crippen LogP contribution in [0.25, 0.3) is 0 Å². The first kappa shape index (κ1) is 37.9. The van der Waals surface area contributed by atoms with Crippen molar-refractivity contribution in [2.24, 2.45) is 0 Å². The average Bonchev–Trinajstić information content (AvgIpc) is 2.90. The third kappa shape index (κ3) is 9.09. The lowest BCUT2D eigenvalue weighted by Crippen LogP contribution is -2.21. The van der Waals surface area contributed by atoms with Crippen molar-refractivity contribution in [2.75, 3.05) is 0 Å². The summed E-state index contributed by atoms with van der Waals surface area (Å²) in [6, 6.07) is 12.5. The molecule has 0 aromatic heterocycles. The molecule has 2 N–H and O–H groups in total. The fraction of sp³-hybridized carbons (Fsp3) is 0.512. The summed E-state index contributed by atoms with van der Waals surface area (Å²) in [7, 11) is 0. The van der Waals surface area contributed by atoms with E-state index in [1.54, 1.807) is 6.08 Å². The van der Waals surface area contributed by atoms with Crippen LogP contribution < -0.4 is 0 Å². The van der Waals surface area contributed by atoms with Crippen molar-refractivity contribution >= 4 is 5.97 Å². The topological polar surface area (TPSA) is 66.8 Å². The van der Waals surface area contributed by atoms with Gasteiger partial charge >= 0.3 is 5.97 Å². The van der Waals surface area contributed by atoms with Crippen LogP contribution >= 0.6 is 0 Å². The molecular weight excluding hydrogens is 580 g/mol. The number of carbonyl (C=O) groups excluding carboxylic acids is 1. The zero-order valence-electron chi connectivity index (χ0n) is 31.7. The summed E-state index contributed by atoms with van der Waals surface area (Å²) in [6.07, 6.45) is 2.25. The maximum atomic E-state index is 13.6. The SMILES string of the molecule is C=CC(OC(=O)CCc1cc(C(C)(C)C)c(O)c(C(C)(C)C)c1)c1c(Cc2cc(C)cc(C(C)(C)C)c2O)cc(C)cc1C(C)(C)C. The van der Waals surface area contributed by atoms with Crippen molar-refractivity contribution in [3.8, 4) is 11.5 Å². The van der Waals surface area contributed by atoms with Crippen LogP contribution in [0, 0.1) is 13.8 Å². The molecule has 0 amide bonds. The highest BCUT2D eigenvalue weighted by atomic mass is 16.5. The Labute approximate surface area is 285 Å². The number of aryl methyl sites for hydroxylation is 3. The molecule has 3 rings (SSSR count). The van der Waals surface area contributed by atoms with Crippen LogP contribution in [0.5, 0.6) is 11.5 Å². The van der Waals surface area contributed by atoms with Gasteiger partial charge in [0.15, 0.2) is 0 Å². The minimum Gasteiger partial charge on any atom is -0.507 e. The van der Waals surface area contributed by atoms with Crippen molar-refractivity contribution in [1.29, 1.82) is 0 Å². The van der Waals surface area contributed by atoms with Gasteiger partial charge in [-0.05, 0) is 86.9 Å². The third-order valence-electron chi connectivity index (χ3n) is 8.90. The predicted octanol–water partition coefficient (Wildman–Crippen LogP) is 10.9. The second-order valence-electron chi connectivity index (χ2n) is 17.6. The van der Waals surface area contributed by atoms with Gasteiger partial charge in [0.25, 0.3) is 0 Å². The molecule has 4 heteroatoms. The van der Waals surface area contributed by atoms with E-state index >= 15 is 0 Å². The smallest absolute Gasteiger partial charge is 0.307 e. The number of ether oxygens (including phenoxy) is 1. The van der Waals surface area contributed by atoms with Crippen molar-refractivity contribution in [3.63, 3.8) is 0 Å². The largest absolute Gasteiger partial charge is 0.507 e. The first-order chi connectivity index (χ1) is 21.3. The van der Waals surface area contributed by atoms with Gasteiger partial charge in [-0.25, -0.2) is 0 Å². The van der Waals surface area contributed by atoms with E-state index in [2.05, 4.69) is 128 Å². The van der Waals surface area contributed by atoms with Gasteiger partial charge in [-0.1, -0.05) is 137 Å². The molecule has 256 valence electrons. The van der Waals surface area contributed by atoms with E-state index in [0.29, 0.717) is 24.3 Å². The van der Waals surface area contributed by atoms with Crippen LogP contribution in [0.2, 0.25) is 0 Å². The molecule has 0 spiro atoms. The molecule has 0 saturated carbocycles. The highest BCUT2D eigenvalue weighted by Gasteiger charge is 2.30. The maximum Gasteiger partial charge on any atom is 0.307 e. The summed E-state index contributed by atoms with van der Waals surface area (Å²) in [6.45, 7) is 33.7. The quantitative estimate of drug-likeness (QED) is 0.190. The van der Waals surface area contributed by atoms with E-state index in [1.165, 1.54) is 0 Å². The Kier molecular flexibility index (Phi) is 10.9. The van der Waals surface area contributed by atoms with Crippen molar-refractivity contribution < 1.29 is 19.7 Å². The number of phenols is 2. The predicted molar refractivity (Wildman–Crippen MR) is 197 cm³/mol. The summed E-state index contributed by atoms with van der Waals surface area (Å²) < 4.78 is 6.24. The summed E-state index contributed by atoms with van der Waals surface area (Å²) in [5.74, 6) is 0.342. The lowest BCUT2D eigenvalue weighted by atomic mass is 9.77. The molecule has 1 atom stereocenters. The number of phenolic OH excluding ortho intramolecular Hbond substituents is 2. The average molecular weight is 641 g/mol. The third-order valence-corrected chi connectivity index (χ3v) is 8.90. The van der Waals surface area contributed by atoms with Gasteiger partial charge in [0.1, 0.15) is 17.6 Å².